The van der Waals surface area contributed by atoms with Crippen LogP contribution in [0.25, 0.3) is 0 Å². The summed E-state index contributed by atoms with van der Waals surface area (Å²) in [6.45, 7) is 0.274. The monoisotopic (exact) mass is 385 g/mol. The average molecular weight is 386 g/mol. The van der Waals surface area contributed by atoms with Gasteiger partial charge in [-0.25, -0.2) is 13.1 Å². The smallest absolute Gasteiger partial charge is 0.387 e. The Hall–Kier alpha value is -1.45. The molecule has 0 heterocycles. The number of benzene rings is 1. The largest absolute Gasteiger partial charge is 0.481 e. The number of aliphatic carboxylic acids is 1. The van der Waals surface area contributed by atoms with Gasteiger partial charge in [0.05, 0.1) is 15.8 Å². The van der Waals surface area contributed by atoms with Gasteiger partial charge in [0, 0.05) is 6.54 Å². The number of halogens is 3. The molecule has 2 N–H and O–H groups in total. The zero-order chi connectivity index (χ0) is 18.5. The van der Waals surface area contributed by atoms with E-state index < -0.39 is 28.5 Å². The molecule has 1 atom stereocenters. The van der Waals surface area contributed by atoms with Gasteiger partial charge in [-0.3, -0.25) is 4.79 Å². The molecule has 0 saturated carbocycles. The number of carboxylic acid groups (broad SMARTS) is 1. The number of alkyl halides is 2. The lowest BCUT2D eigenvalue weighted by Crippen LogP contribution is -2.33. The normalized spacial score (nSPS) is 13.3. The van der Waals surface area contributed by atoms with Gasteiger partial charge in [0.15, 0.2) is 0 Å². The number of carbonyl (C=O) groups is 1. The molecule has 1 aromatic carbocycles. The van der Waals surface area contributed by atoms with Crippen molar-refractivity contribution in [1.82, 2.24) is 4.72 Å². The second-order valence-electron chi connectivity index (χ2n) is 5.49. The first-order valence-corrected chi connectivity index (χ1v) is 8.86. The fourth-order valence-corrected chi connectivity index (χ4v) is 3.37. The highest BCUT2D eigenvalue weighted by atomic mass is 35.5. The van der Waals surface area contributed by atoms with Crippen molar-refractivity contribution in [2.45, 2.75) is 31.8 Å². The highest BCUT2D eigenvalue weighted by Crippen LogP contribution is 2.28. The molecule has 0 bridgehead atoms. The molecule has 1 rings (SSSR count). The third kappa shape index (κ3) is 6.21. The Morgan fingerprint density at radius 2 is 2.00 bits per heavy atom. The molecule has 136 valence electrons. The van der Waals surface area contributed by atoms with E-state index in [1.54, 1.807) is 0 Å². The molecule has 0 saturated heterocycles. The molecule has 0 fully saturated rings. The minimum Gasteiger partial charge on any atom is -0.481 e. The Morgan fingerprint density at radius 3 is 2.46 bits per heavy atom. The van der Waals surface area contributed by atoms with Crippen molar-refractivity contribution in [2.75, 3.05) is 6.54 Å². The zero-order valence-electron chi connectivity index (χ0n) is 13.0. The molecule has 24 heavy (non-hydrogen) atoms. The Balaban J connectivity index is 2.88. The maximum absolute atomic E-state index is 12.2. The number of hydrogen-bond acceptors (Lipinski definition) is 4. The summed E-state index contributed by atoms with van der Waals surface area (Å²) in [6.07, 6.45) is 0.305. The molecule has 0 radical (unpaired) electrons. The van der Waals surface area contributed by atoms with E-state index in [4.69, 9.17) is 16.7 Å². The Kier molecular flexibility index (Phi) is 7.37. The Labute approximate surface area is 143 Å². The van der Waals surface area contributed by atoms with Gasteiger partial charge in [0.1, 0.15) is 5.75 Å². The summed E-state index contributed by atoms with van der Waals surface area (Å²) in [7, 11) is -4.03. The topological polar surface area (TPSA) is 92.7 Å². The molecule has 0 amide bonds. The zero-order valence-corrected chi connectivity index (χ0v) is 14.6. The first-order valence-electron chi connectivity index (χ1n) is 6.99. The van der Waals surface area contributed by atoms with E-state index in [0.29, 0.717) is 6.42 Å². The van der Waals surface area contributed by atoms with Gasteiger partial charge in [-0.15, -0.1) is 0 Å². The lowest BCUT2D eigenvalue weighted by atomic mass is 9.98. The van der Waals surface area contributed by atoms with Crippen LogP contribution < -0.4 is 9.46 Å². The molecule has 6 nitrogen and oxygen atoms in total. The Morgan fingerprint density at radius 1 is 1.38 bits per heavy atom. The molecule has 1 aromatic rings. The molecule has 0 aromatic heterocycles. The number of nitrogens with one attached hydrogen (secondary N) is 1. The molecule has 1 unspecified atom stereocenters. The average Bonchev–Trinajstić information content (AvgIpc) is 2.44. The van der Waals surface area contributed by atoms with Gasteiger partial charge >= 0.3 is 12.6 Å². The van der Waals surface area contributed by atoms with Crippen LogP contribution >= 0.6 is 11.6 Å². The van der Waals surface area contributed by atoms with Crippen LogP contribution in [0.1, 0.15) is 20.3 Å². The second-order valence-corrected chi connectivity index (χ2v) is 7.66. The molecule has 0 spiro atoms. The SMILES string of the molecule is CC(C)CC(CNS(=O)(=O)c1ccc(OC(F)F)c(Cl)c1)C(=O)O. The van der Waals surface area contributed by atoms with E-state index in [1.807, 2.05) is 13.8 Å². The van der Waals surface area contributed by atoms with E-state index >= 15 is 0 Å². The van der Waals surface area contributed by atoms with Crippen molar-refractivity contribution in [3.05, 3.63) is 23.2 Å². The van der Waals surface area contributed by atoms with Crippen molar-refractivity contribution < 1.29 is 31.8 Å². The van der Waals surface area contributed by atoms with Crippen LogP contribution in [0.3, 0.4) is 0 Å². The van der Waals surface area contributed by atoms with E-state index in [-0.39, 0.29) is 28.1 Å². The lowest BCUT2D eigenvalue weighted by molar-refractivity contribution is -0.142. The fourth-order valence-electron chi connectivity index (χ4n) is 1.97. The standard InChI is InChI=1S/C14H18ClF2NO5S/c1-8(2)5-9(13(19)20)7-18-24(21,22)10-3-4-12(11(15)6-10)23-14(16)17/h3-4,6,8-9,14,18H,5,7H2,1-2H3,(H,19,20). The highest BCUT2D eigenvalue weighted by Gasteiger charge is 2.23. The van der Waals surface area contributed by atoms with Crippen LogP contribution in [0.15, 0.2) is 23.1 Å². The van der Waals surface area contributed by atoms with Gasteiger partial charge in [-0.2, -0.15) is 8.78 Å². The summed E-state index contributed by atoms with van der Waals surface area (Å²) in [5.41, 5.74) is 0. The van der Waals surface area contributed by atoms with E-state index in [0.717, 1.165) is 18.2 Å². The second kappa shape index (κ2) is 8.59. The summed E-state index contributed by atoms with van der Waals surface area (Å²) in [4.78, 5) is 10.9. The van der Waals surface area contributed by atoms with Crippen LogP contribution in [0.5, 0.6) is 5.75 Å². The highest BCUT2D eigenvalue weighted by molar-refractivity contribution is 7.89. The number of hydrogen-bond donors (Lipinski definition) is 2. The van der Waals surface area contributed by atoms with Gasteiger partial charge in [-0.1, -0.05) is 25.4 Å². The van der Waals surface area contributed by atoms with Crippen LogP contribution in [-0.2, 0) is 14.8 Å². The third-order valence-corrected chi connectivity index (χ3v) is 4.77. The first-order chi connectivity index (χ1) is 11.0. The summed E-state index contributed by atoms with van der Waals surface area (Å²) < 4.78 is 55.0. The van der Waals surface area contributed by atoms with Crippen molar-refractivity contribution in [3.63, 3.8) is 0 Å². The number of carboxylic acids is 1. The number of rotatable bonds is 9. The van der Waals surface area contributed by atoms with Crippen LogP contribution in [0.2, 0.25) is 5.02 Å². The quantitative estimate of drug-likeness (QED) is 0.681. The fraction of sp³-hybridized carbons (Fsp3) is 0.500. The summed E-state index contributed by atoms with van der Waals surface area (Å²) >= 11 is 5.72. The van der Waals surface area contributed by atoms with Crippen molar-refractivity contribution >= 4 is 27.6 Å². The predicted octanol–water partition coefficient (Wildman–Crippen LogP) is 2.97. The van der Waals surface area contributed by atoms with Gasteiger partial charge in [0.25, 0.3) is 0 Å². The van der Waals surface area contributed by atoms with Gasteiger partial charge in [-0.05, 0) is 30.5 Å². The molecule has 0 aliphatic heterocycles. The lowest BCUT2D eigenvalue weighted by Gasteiger charge is -2.16. The molecule has 0 aliphatic rings. The van der Waals surface area contributed by atoms with E-state index in [9.17, 15) is 22.0 Å². The number of ether oxygens (including phenoxy) is 1. The predicted molar refractivity (Wildman–Crippen MR) is 83.9 cm³/mol. The van der Waals surface area contributed by atoms with Crippen molar-refractivity contribution in [3.8, 4) is 5.75 Å². The maximum Gasteiger partial charge on any atom is 0.387 e. The van der Waals surface area contributed by atoms with Crippen LogP contribution in [-0.4, -0.2) is 32.6 Å². The summed E-state index contributed by atoms with van der Waals surface area (Å²) in [5, 5.41) is 8.81. The minimum atomic E-state index is -4.03. The first kappa shape index (κ1) is 20.6. The maximum atomic E-state index is 12.2. The molecular formula is C14H18ClF2NO5S. The summed E-state index contributed by atoms with van der Waals surface area (Å²) in [6, 6.07) is 3.01. The minimum absolute atomic E-state index is 0.0795. The summed E-state index contributed by atoms with van der Waals surface area (Å²) in [5.74, 6) is -2.26. The van der Waals surface area contributed by atoms with Crippen LogP contribution in [0, 0.1) is 11.8 Å². The van der Waals surface area contributed by atoms with Crippen molar-refractivity contribution in [2.24, 2.45) is 11.8 Å². The van der Waals surface area contributed by atoms with Crippen molar-refractivity contribution in [1.29, 1.82) is 0 Å². The van der Waals surface area contributed by atoms with Gasteiger partial charge in [0.2, 0.25) is 10.0 Å². The van der Waals surface area contributed by atoms with Gasteiger partial charge < -0.3 is 9.84 Å². The third-order valence-electron chi connectivity index (χ3n) is 3.05. The molecule has 10 heteroatoms. The van der Waals surface area contributed by atoms with E-state index in [2.05, 4.69) is 9.46 Å². The van der Waals surface area contributed by atoms with Crippen LogP contribution in [0.4, 0.5) is 8.78 Å². The molecule has 0 aliphatic carbocycles. The number of sulfonamides is 1. The Bertz CT molecular complexity index is 682. The van der Waals surface area contributed by atoms with E-state index in [1.165, 1.54) is 0 Å². The molecular weight excluding hydrogens is 368 g/mol.